The fourth-order valence-electron chi connectivity index (χ4n) is 0.558. The van der Waals surface area contributed by atoms with Crippen LogP contribution in [0.2, 0.25) is 0 Å². The average Bonchev–Trinajstić information content (AvgIpc) is 1.81. The van der Waals surface area contributed by atoms with E-state index in [-0.39, 0.29) is 0 Å². The van der Waals surface area contributed by atoms with Crippen molar-refractivity contribution in [1.29, 1.82) is 5.26 Å². The molecule has 8 heavy (non-hydrogen) atoms. The van der Waals surface area contributed by atoms with Crippen LogP contribution in [0.25, 0.3) is 0 Å². The Hall–Kier alpha value is -0.550. The van der Waals surface area contributed by atoms with E-state index in [9.17, 15) is 0 Å². The second-order valence-corrected chi connectivity index (χ2v) is 1.82. The van der Waals surface area contributed by atoms with Crippen molar-refractivity contribution in [2.45, 2.75) is 25.7 Å². The van der Waals surface area contributed by atoms with E-state index in [1.54, 1.807) is 0 Å². The standard InChI is InChI=1S/C6H12N2/c7-5-3-1-2-4-6-8/h1-5,7H2/p+1. The zero-order chi connectivity index (χ0) is 6.24. The van der Waals surface area contributed by atoms with Gasteiger partial charge in [0.1, 0.15) is 0 Å². The SMILES string of the molecule is N#CCCCCC[NH3+]. The molecule has 0 bridgehead atoms. The molecule has 0 aliphatic carbocycles. The minimum atomic E-state index is 0.708. The van der Waals surface area contributed by atoms with Crippen molar-refractivity contribution in [3.63, 3.8) is 0 Å². The fraction of sp³-hybridized carbons (Fsp3) is 0.833. The summed E-state index contributed by atoms with van der Waals surface area (Å²) >= 11 is 0. The molecule has 0 aliphatic rings. The normalized spacial score (nSPS) is 8.50. The Morgan fingerprint density at radius 1 is 1.25 bits per heavy atom. The van der Waals surface area contributed by atoms with Crippen molar-refractivity contribution in [1.82, 2.24) is 0 Å². The van der Waals surface area contributed by atoms with E-state index in [4.69, 9.17) is 5.26 Å². The van der Waals surface area contributed by atoms with Gasteiger partial charge < -0.3 is 5.73 Å². The first-order valence-electron chi connectivity index (χ1n) is 3.08. The van der Waals surface area contributed by atoms with Crippen LogP contribution in [0.5, 0.6) is 0 Å². The number of nitriles is 1. The molecule has 0 aromatic rings. The molecule has 46 valence electrons. The Balaban J connectivity index is 2.65. The third kappa shape index (κ3) is 5.45. The number of rotatable bonds is 4. The van der Waals surface area contributed by atoms with Crippen LogP contribution >= 0.6 is 0 Å². The molecule has 0 unspecified atom stereocenters. The lowest BCUT2D eigenvalue weighted by Crippen LogP contribution is -2.50. The minimum absolute atomic E-state index is 0.708. The van der Waals surface area contributed by atoms with Crippen molar-refractivity contribution >= 4 is 0 Å². The lowest BCUT2D eigenvalue weighted by atomic mass is 10.2. The number of hydrogen-bond donors (Lipinski definition) is 1. The maximum absolute atomic E-state index is 8.10. The Morgan fingerprint density at radius 2 is 2.00 bits per heavy atom. The van der Waals surface area contributed by atoms with Crippen molar-refractivity contribution < 1.29 is 5.73 Å². The first kappa shape index (κ1) is 7.45. The van der Waals surface area contributed by atoms with Gasteiger partial charge in [0.25, 0.3) is 0 Å². The van der Waals surface area contributed by atoms with E-state index < -0.39 is 0 Å². The highest BCUT2D eigenvalue weighted by molar-refractivity contribution is 4.67. The van der Waals surface area contributed by atoms with Crippen LogP contribution in [-0.2, 0) is 0 Å². The van der Waals surface area contributed by atoms with Gasteiger partial charge >= 0.3 is 0 Å². The molecule has 0 aromatic carbocycles. The van der Waals surface area contributed by atoms with Gasteiger partial charge in [-0.3, -0.25) is 0 Å². The summed E-state index contributed by atoms with van der Waals surface area (Å²) in [5.74, 6) is 0. The van der Waals surface area contributed by atoms with Gasteiger partial charge in [-0.15, -0.1) is 0 Å². The van der Waals surface area contributed by atoms with Crippen molar-refractivity contribution in [2.75, 3.05) is 6.54 Å². The Morgan fingerprint density at radius 3 is 2.50 bits per heavy atom. The molecule has 0 saturated heterocycles. The summed E-state index contributed by atoms with van der Waals surface area (Å²) in [6.07, 6.45) is 4.09. The third-order valence-electron chi connectivity index (χ3n) is 1.04. The molecule has 0 saturated carbocycles. The molecule has 0 radical (unpaired) electrons. The van der Waals surface area contributed by atoms with Gasteiger partial charge in [-0.2, -0.15) is 5.26 Å². The van der Waals surface area contributed by atoms with E-state index in [1.165, 1.54) is 6.42 Å². The largest absolute Gasteiger partial charge is 0.358 e. The van der Waals surface area contributed by atoms with E-state index in [1.807, 2.05) is 0 Å². The second kappa shape index (κ2) is 6.45. The van der Waals surface area contributed by atoms with E-state index >= 15 is 0 Å². The number of nitrogens with zero attached hydrogens (tertiary/aromatic N) is 1. The van der Waals surface area contributed by atoms with Crippen LogP contribution in [0.4, 0.5) is 0 Å². The Kier molecular flexibility index (Phi) is 6.01. The minimum Gasteiger partial charge on any atom is -0.358 e. The molecule has 2 nitrogen and oxygen atoms in total. The van der Waals surface area contributed by atoms with Gasteiger partial charge in [-0.05, 0) is 19.3 Å². The van der Waals surface area contributed by atoms with Crippen molar-refractivity contribution in [3.05, 3.63) is 0 Å². The number of quaternary nitrogens is 1. The molecule has 0 spiro atoms. The van der Waals surface area contributed by atoms with Crippen LogP contribution in [0.1, 0.15) is 25.7 Å². The molecule has 0 fully saturated rings. The first-order valence-corrected chi connectivity index (χ1v) is 3.08. The zero-order valence-electron chi connectivity index (χ0n) is 5.19. The monoisotopic (exact) mass is 113 g/mol. The summed E-state index contributed by atoms with van der Waals surface area (Å²) in [5, 5.41) is 8.10. The molecular weight excluding hydrogens is 100 g/mol. The van der Waals surface area contributed by atoms with Crippen LogP contribution in [0.3, 0.4) is 0 Å². The summed E-state index contributed by atoms with van der Waals surface area (Å²) in [6.45, 7) is 1.01. The molecule has 0 amide bonds. The van der Waals surface area contributed by atoms with Gasteiger partial charge in [0.05, 0.1) is 12.6 Å². The lowest BCUT2D eigenvalue weighted by molar-refractivity contribution is -0.368. The summed E-state index contributed by atoms with van der Waals surface area (Å²) in [5.41, 5.74) is 3.70. The molecule has 0 aliphatic heterocycles. The van der Waals surface area contributed by atoms with Crippen LogP contribution in [0, 0.1) is 11.3 Å². The van der Waals surface area contributed by atoms with E-state index in [0.29, 0.717) is 6.42 Å². The van der Waals surface area contributed by atoms with Gasteiger partial charge in [-0.25, -0.2) is 0 Å². The predicted octanol–water partition coefficient (Wildman–Crippen LogP) is 0.312. The lowest BCUT2D eigenvalue weighted by Gasteiger charge is -1.88. The van der Waals surface area contributed by atoms with Gasteiger partial charge in [0.2, 0.25) is 0 Å². The highest BCUT2D eigenvalue weighted by Crippen LogP contribution is 1.95. The summed E-state index contributed by atoms with van der Waals surface area (Å²) in [4.78, 5) is 0. The fourth-order valence-corrected chi connectivity index (χ4v) is 0.558. The Bertz CT molecular complexity index is 73.1. The first-order chi connectivity index (χ1) is 3.91. The topological polar surface area (TPSA) is 51.4 Å². The maximum atomic E-state index is 8.10. The molecule has 3 N–H and O–H groups in total. The smallest absolute Gasteiger partial charge is 0.0739 e. The number of hydrogen-bond acceptors (Lipinski definition) is 1. The Labute approximate surface area is 50.3 Å². The quantitative estimate of drug-likeness (QED) is 0.524. The molecule has 0 atom stereocenters. The van der Waals surface area contributed by atoms with Crippen LogP contribution in [0.15, 0.2) is 0 Å². The summed E-state index contributed by atoms with van der Waals surface area (Å²) in [7, 11) is 0. The molecule has 0 rings (SSSR count). The van der Waals surface area contributed by atoms with Crippen LogP contribution in [-0.4, -0.2) is 6.54 Å². The molecule has 0 aromatic heterocycles. The summed E-state index contributed by atoms with van der Waals surface area (Å²) in [6, 6.07) is 2.11. The van der Waals surface area contributed by atoms with E-state index in [0.717, 1.165) is 19.4 Å². The summed E-state index contributed by atoms with van der Waals surface area (Å²) < 4.78 is 0. The van der Waals surface area contributed by atoms with Crippen molar-refractivity contribution in [2.24, 2.45) is 0 Å². The van der Waals surface area contributed by atoms with E-state index in [2.05, 4.69) is 11.8 Å². The molecule has 0 heterocycles. The molecular formula is C6H13N2+. The second-order valence-electron chi connectivity index (χ2n) is 1.82. The predicted molar refractivity (Wildman–Crippen MR) is 31.8 cm³/mol. The highest BCUT2D eigenvalue weighted by atomic mass is 14.5. The van der Waals surface area contributed by atoms with Crippen LogP contribution < -0.4 is 5.73 Å². The zero-order valence-corrected chi connectivity index (χ0v) is 5.19. The van der Waals surface area contributed by atoms with Gasteiger partial charge in [0.15, 0.2) is 0 Å². The highest BCUT2D eigenvalue weighted by Gasteiger charge is 1.84. The van der Waals surface area contributed by atoms with Gasteiger partial charge in [-0.1, -0.05) is 0 Å². The van der Waals surface area contributed by atoms with Crippen molar-refractivity contribution in [3.8, 4) is 6.07 Å². The maximum Gasteiger partial charge on any atom is 0.0739 e. The average molecular weight is 113 g/mol. The molecule has 2 heteroatoms. The number of unbranched alkanes of at least 4 members (excludes halogenated alkanes) is 3. The van der Waals surface area contributed by atoms with Gasteiger partial charge in [0, 0.05) is 6.42 Å². The third-order valence-corrected chi connectivity index (χ3v) is 1.04.